The number of aromatic nitrogens is 2. The van der Waals surface area contributed by atoms with Crippen LogP contribution >= 0.6 is 0 Å². The smallest absolute Gasteiger partial charge is 0.259 e. The minimum absolute atomic E-state index is 0.126. The van der Waals surface area contributed by atoms with Crippen LogP contribution in [0.1, 0.15) is 52.8 Å². The van der Waals surface area contributed by atoms with Crippen LogP contribution in [0, 0.1) is 12.8 Å². The number of piperidine rings is 1. The van der Waals surface area contributed by atoms with Gasteiger partial charge in [0.2, 0.25) is 0 Å². The summed E-state index contributed by atoms with van der Waals surface area (Å²) in [5, 5.41) is 0. The van der Waals surface area contributed by atoms with Crippen LogP contribution in [0.2, 0.25) is 0 Å². The normalized spacial score (nSPS) is 16.2. The van der Waals surface area contributed by atoms with Gasteiger partial charge in [0, 0.05) is 36.7 Å². The van der Waals surface area contributed by atoms with Gasteiger partial charge >= 0.3 is 0 Å². The molecular weight excluding hydrogens is 398 g/mol. The van der Waals surface area contributed by atoms with Crippen LogP contribution in [0.5, 0.6) is 0 Å². The SMILES string of the molecule is Cc1cc(=O)c(C(=O)N2CCC[C@@H](C)C2)c(CCc2ccccc2)n1Cc1ccccn1. The Kier molecular flexibility index (Phi) is 6.84. The van der Waals surface area contributed by atoms with Crippen LogP contribution in [0.25, 0.3) is 0 Å². The second-order valence-corrected chi connectivity index (χ2v) is 8.86. The maximum Gasteiger partial charge on any atom is 0.259 e. The molecule has 5 heteroatoms. The summed E-state index contributed by atoms with van der Waals surface area (Å²) >= 11 is 0. The maximum atomic E-state index is 13.6. The fraction of sp³-hybridized carbons (Fsp3) is 0.370. The number of hydrogen-bond acceptors (Lipinski definition) is 3. The highest BCUT2D eigenvalue weighted by Gasteiger charge is 2.27. The molecule has 0 unspecified atom stereocenters. The number of aryl methyl sites for hydroxylation is 2. The average molecular weight is 430 g/mol. The fourth-order valence-corrected chi connectivity index (χ4v) is 4.63. The first-order valence-electron chi connectivity index (χ1n) is 11.5. The van der Waals surface area contributed by atoms with Crippen molar-refractivity contribution >= 4 is 5.91 Å². The van der Waals surface area contributed by atoms with Crippen molar-refractivity contribution in [2.45, 2.75) is 46.1 Å². The summed E-state index contributed by atoms with van der Waals surface area (Å²) in [6, 6.07) is 17.7. The van der Waals surface area contributed by atoms with Crippen molar-refractivity contribution in [2.24, 2.45) is 5.92 Å². The Balaban J connectivity index is 1.76. The zero-order chi connectivity index (χ0) is 22.5. The number of nitrogens with zero attached hydrogens (tertiary/aromatic N) is 3. The molecule has 0 N–H and O–H groups in total. The molecule has 0 aliphatic carbocycles. The first-order valence-corrected chi connectivity index (χ1v) is 11.5. The highest BCUT2D eigenvalue weighted by Crippen LogP contribution is 2.21. The van der Waals surface area contributed by atoms with Crippen molar-refractivity contribution in [1.82, 2.24) is 14.5 Å². The van der Waals surface area contributed by atoms with Crippen molar-refractivity contribution in [2.75, 3.05) is 13.1 Å². The number of benzene rings is 1. The molecule has 0 bridgehead atoms. The average Bonchev–Trinajstić information content (AvgIpc) is 2.80. The van der Waals surface area contributed by atoms with Gasteiger partial charge in [-0.05, 0) is 56.2 Å². The molecule has 1 amide bonds. The molecule has 3 aromatic rings. The molecule has 1 fully saturated rings. The Morgan fingerprint density at radius 1 is 1.09 bits per heavy atom. The summed E-state index contributed by atoms with van der Waals surface area (Å²) in [5.41, 5.74) is 3.92. The van der Waals surface area contributed by atoms with E-state index in [1.165, 1.54) is 5.56 Å². The lowest BCUT2D eigenvalue weighted by molar-refractivity contribution is 0.0679. The lowest BCUT2D eigenvalue weighted by Crippen LogP contribution is -2.42. The Morgan fingerprint density at radius 3 is 2.59 bits per heavy atom. The van der Waals surface area contributed by atoms with Gasteiger partial charge < -0.3 is 9.47 Å². The molecular formula is C27H31N3O2. The lowest BCUT2D eigenvalue weighted by atomic mass is 9.97. The number of likely N-dealkylation sites (tertiary alicyclic amines) is 1. The van der Waals surface area contributed by atoms with Gasteiger partial charge in [0.05, 0.1) is 12.2 Å². The first kappa shape index (κ1) is 22.0. The van der Waals surface area contributed by atoms with Gasteiger partial charge in [-0.25, -0.2) is 0 Å². The van der Waals surface area contributed by atoms with E-state index in [2.05, 4.69) is 28.6 Å². The Hall–Kier alpha value is -3.21. The van der Waals surface area contributed by atoms with Crippen molar-refractivity contribution in [1.29, 1.82) is 0 Å². The van der Waals surface area contributed by atoms with Gasteiger partial charge in [0.15, 0.2) is 5.43 Å². The molecule has 5 nitrogen and oxygen atoms in total. The van der Waals surface area contributed by atoms with E-state index in [0.29, 0.717) is 31.0 Å². The molecule has 1 aromatic carbocycles. The topological polar surface area (TPSA) is 55.2 Å². The quantitative estimate of drug-likeness (QED) is 0.588. The summed E-state index contributed by atoms with van der Waals surface area (Å²) in [6.45, 7) is 6.07. The molecule has 32 heavy (non-hydrogen) atoms. The summed E-state index contributed by atoms with van der Waals surface area (Å²) in [5.74, 6) is 0.334. The molecule has 1 saturated heterocycles. The van der Waals surface area contributed by atoms with Crippen LogP contribution in [0.4, 0.5) is 0 Å². The molecule has 1 aliphatic heterocycles. The zero-order valence-corrected chi connectivity index (χ0v) is 19.0. The third kappa shape index (κ3) is 4.98. The lowest BCUT2D eigenvalue weighted by Gasteiger charge is -2.32. The van der Waals surface area contributed by atoms with Crippen molar-refractivity contribution in [3.05, 3.63) is 99.2 Å². The predicted octanol–water partition coefficient (Wildman–Crippen LogP) is 4.26. The summed E-state index contributed by atoms with van der Waals surface area (Å²) in [6.07, 6.45) is 5.28. The van der Waals surface area contributed by atoms with Gasteiger partial charge in [-0.2, -0.15) is 0 Å². The first-order chi connectivity index (χ1) is 15.5. The van der Waals surface area contributed by atoms with E-state index in [0.717, 1.165) is 42.9 Å². The fourth-order valence-electron chi connectivity index (χ4n) is 4.63. The third-order valence-electron chi connectivity index (χ3n) is 6.32. The van der Waals surface area contributed by atoms with Crippen LogP contribution in [0.3, 0.4) is 0 Å². The molecule has 0 saturated carbocycles. The predicted molar refractivity (Wildman–Crippen MR) is 127 cm³/mol. The van der Waals surface area contributed by atoms with E-state index >= 15 is 0 Å². The monoisotopic (exact) mass is 429 g/mol. The summed E-state index contributed by atoms with van der Waals surface area (Å²) in [4.78, 5) is 33.1. The zero-order valence-electron chi connectivity index (χ0n) is 19.0. The van der Waals surface area contributed by atoms with Crippen molar-refractivity contribution < 1.29 is 4.79 Å². The molecule has 4 rings (SSSR count). The van der Waals surface area contributed by atoms with E-state index in [4.69, 9.17) is 0 Å². The molecule has 3 heterocycles. The standard InChI is InChI=1S/C27H31N3O2/c1-20-9-8-16-29(18-20)27(32)26-24(14-13-22-10-4-3-5-11-22)30(21(2)17-25(26)31)19-23-12-6-7-15-28-23/h3-7,10-12,15,17,20H,8-9,13-14,16,18-19H2,1-2H3/t20-/m1/s1. The Morgan fingerprint density at radius 2 is 1.88 bits per heavy atom. The van der Waals surface area contributed by atoms with Gasteiger partial charge in [-0.3, -0.25) is 14.6 Å². The molecule has 0 radical (unpaired) electrons. The van der Waals surface area contributed by atoms with E-state index < -0.39 is 0 Å². The minimum Gasteiger partial charge on any atom is -0.342 e. The van der Waals surface area contributed by atoms with E-state index in [9.17, 15) is 9.59 Å². The van der Waals surface area contributed by atoms with E-state index in [-0.39, 0.29) is 11.3 Å². The molecule has 166 valence electrons. The number of pyridine rings is 2. The molecule has 1 atom stereocenters. The Bertz CT molecular complexity index is 1120. The van der Waals surface area contributed by atoms with E-state index in [1.807, 2.05) is 48.2 Å². The Labute approximate surface area is 189 Å². The highest BCUT2D eigenvalue weighted by atomic mass is 16.2. The van der Waals surface area contributed by atoms with Crippen molar-refractivity contribution in [3.63, 3.8) is 0 Å². The number of rotatable bonds is 6. The number of carbonyl (C=O) groups is 1. The summed E-state index contributed by atoms with van der Waals surface area (Å²) < 4.78 is 2.10. The minimum atomic E-state index is -0.175. The maximum absolute atomic E-state index is 13.6. The van der Waals surface area contributed by atoms with E-state index in [1.54, 1.807) is 12.3 Å². The van der Waals surface area contributed by atoms with Gasteiger partial charge in [0.1, 0.15) is 5.56 Å². The number of hydrogen-bond donors (Lipinski definition) is 0. The second-order valence-electron chi connectivity index (χ2n) is 8.86. The van der Waals surface area contributed by atoms with Gasteiger partial charge in [0.25, 0.3) is 5.91 Å². The molecule has 2 aromatic heterocycles. The number of carbonyl (C=O) groups excluding carboxylic acids is 1. The number of amides is 1. The van der Waals surface area contributed by atoms with Crippen LogP contribution < -0.4 is 5.43 Å². The second kappa shape index (κ2) is 9.94. The summed E-state index contributed by atoms with van der Waals surface area (Å²) in [7, 11) is 0. The van der Waals surface area contributed by atoms with Crippen LogP contribution in [-0.4, -0.2) is 33.4 Å². The van der Waals surface area contributed by atoms with Crippen LogP contribution in [0.15, 0.2) is 65.6 Å². The molecule has 0 spiro atoms. The van der Waals surface area contributed by atoms with Crippen molar-refractivity contribution in [3.8, 4) is 0 Å². The molecule has 1 aliphatic rings. The van der Waals surface area contributed by atoms with Crippen LogP contribution in [-0.2, 0) is 19.4 Å². The highest BCUT2D eigenvalue weighted by molar-refractivity contribution is 5.95. The third-order valence-corrected chi connectivity index (χ3v) is 6.32. The van der Waals surface area contributed by atoms with Gasteiger partial charge in [-0.15, -0.1) is 0 Å². The largest absolute Gasteiger partial charge is 0.342 e. The van der Waals surface area contributed by atoms with Gasteiger partial charge in [-0.1, -0.05) is 43.3 Å².